The normalized spacial score (nSPS) is 25.1. The van der Waals surface area contributed by atoms with Crippen LogP contribution in [0.2, 0.25) is 0 Å². The quantitative estimate of drug-likeness (QED) is 0.376. The molecule has 1 aliphatic heterocycles. The SMILES string of the molecule is CNC[C@@H]1NC(=O)[C@@H](C(C)C)NC(=O)[C@@H](Cc2cccc(F)c2)N[C@@H](C)COc2ccccc2C[C@H](C)CNC1=O. The Balaban J connectivity index is 1.93. The Bertz CT molecular complexity index is 1180. The van der Waals surface area contributed by atoms with Crippen molar-refractivity contribution in [3.8, 4) is 5.75 Å². The maximum Gasteiger partial charge on any atom is 0.243 e. The number of nitrogens with one attached hydrogen (secondary N) is 5. The molecule has 0 saturated carbocycles. The van der Waals surface area contributed by atoms with Gasteiger partial charge in [0.05, 0.1) is 6.04 Å². The molecular formula is C31H44FN5O4. The molecule has 0 fully saturated rings. The first kappa shape index (κ1) is 32.0. The lowest BCUT2D eigenvalue weighted by Crippen LogP contribution is -2.60. The van der Waals surface area contributed by atoms with Gasteiger partial charge in [0.2, 0.25) is 17.7 Å². The van der Waals surface area contributed by atoms with E-state index in [9.17, 15) is 18.8 Å². The zero-order valence-corrected chi connectivity index (χ0v) is 24.6. The minimum absolute atomic E-state index is 0.113. The van der Waals surface area contributed by atoms with Crippen LogP contribution in [0.3, 0.4) is 0 Å². The molecule has 41 heavy (non-hydrogen) atoms. The van der Waals surface area contributed by atoms with Crippen molar-refractivity contribution in [1.82, 2.24) is 26.6 Å². The van der Waals surface area contributed by atoms with Crippen molar-refractivity contribution in [2.45, 2.75) is 64.7 Å². The molecule has 1 heterocycles. The highest BCUT2D eigenvalue weighted by molar-refractivity contribution is 5.93. The zero-order valence-electron chi connectivity index (χ0n) is 24.6. The van der Waals surface area contributed by atoms with E-state index in [1.807, 2.05) is 52.0 Å². The van der Waals surface area contributed by atoms with Crippen LogP contribution >= 0.6 is 0 Å². The molecule has 1 aliphatic rings. The number of fused-ring (bicyclic) bond motifs is 1. The van der Waals surface area contributed by atoms with Crippen LogP contribution in [0.15, 0.2) is 48.5 Å². The van der Waals surface area contributed by atoms with Crippen molar-refractivity contribution in [2.75, 3.05) is 26.7 Å². The second-order valence-electron chi connectivity index (χ2n) is 11.3. The number of carbonyl (C=O) groups excluding carboxylic acids is 3. The first-order chi connectivity index (χ1) is 19.6. The van der Waals surface area contributed by atoms with E-state index in [4.69, 9.17) is 4.74 Å². The second-order valence-corrected chi connectivity index (χ2v) is 11.3. The summed E-state index contributed by atoms with van der Waals surface area (Å²) in [6.45, 7) is 8.56. The highest BCUT2D eigenvalue weighted by Crippen LogP contribution is 2.22. The van der Waals surface area contributed by atoms with Gasteiger partial charge >= 0.3 is 0 Å². The van der Waals surface area contributed by atoms with E-state index in [0.29, 0.717) is 18.5 Å². The number of para-hydroxylation sites is 1. The fourth-order valence-corrected chi connectivity index (χ4v) is 4.86. The summed E-state index contributed by atoms with van der Waals surface area (Å²) >= 11 is 0. The smallest absolute Gasteiger partial charge is 0.243 e. The van der Waals surface area contributed by atoms with Crippen molar-refractivity contribution in [3.05, 3.63) is 65.5 Å². The van der Waals surface area contributed by atoms with E-state index in [2.05, 4.69) is 26.6 Å². The lowest BCUT2D eigenvalue weighted by atomic mass is 9.99. The molecule has 0 bridgehead atoms. The standard InChI is InChI=1S/C31H44FN5O4/c1-19(2)28-31(40)36-26(17-33-5)29(38)34-16-20(3)13-23-10-6-7-12-27(23)41-18-21(4)35-25(30(39)37-28)15-22-9-8-11-24(32)14-22/h6-12,14,19-21,25-26,28,33,35H,13,15-18H2,1-5H3,(H,34,38)(H,36,40)(H,37,39)/t20-,21-,25+,26-,28+/m0/s1. The Kier molecular flexibility index (Phi) is 12.1. The molecular weight excluding hydrogens is 525 g/mol. The number of benzene rings is 2. The van der Waals surface area contributed by atoms with Gasteiger partial charge in [-0.3, -0.25) is 19.7 Å². The van der Waals surface area contributed by atoms with Crippen LogP contribution in [0.25, 0.3) is 0 Å². The summed E-state index contributed by atoms with van der Waals surface area (Å²) in [6.07, 6.45) is 0.889. The summed E-state index contributed by atoms with van der Waals surface area (Å²) in [4.78, 5) is 40.1. The number of ether oxygens (including phenoxy) is 1. The third-order valence-corrected chi connectivity index (χ3v) is 7.07. The van der Waals surface area contributed by atoms with Gasteiger partial charge < -0.3 is 26.0 Å². The van der Waals surface area contributed by atoms with Crippen LogP contribution in [0.4, 0.5) is 4.39 Å². The minimum atomic E-state index is -0.886. The summed E-state index contributed by atoms with van der Waals surface area (Å²) in [7, 11) is 1.70. The molecule has 0 aliphatic carbocycles. The number of hydrogen-bond acceptors (Lipinski definition) is 6. The van der Waals surface area contributed by atoms with E-state index in [1.54, 1.807) is 19.2 Å². The second kappa shape index (κ2) is 15.5. The predicted molar refractivity (Wildman–Crippen MR) is 157 cm³/mol. The van der Waals surface area contributed by atoms with E-state index >= 15 is 0 Å². The lowest BCUT2D eigenvalue weighted by molar-refractivity contribution is -0.133. The fourth-order valence-electron chi connectivity index (χ4n) is 4.86. The lowest BCUT2D eigenvalue weighted by Gasteiger charge is -2.29. The van der Waals surface area contributed by atoms with Gasteiger partial charge in [-0.05, 0) is 68.0 Å². The number of carbonyl (C=O) groups is 3. The molecule has 10 heteroatoms. The number of halogens is 1. The first-order valence-electron chi connectivity index (χ1n) is 14.3. The van der Waals surface area contributed by atoms with Crippen LogP contribution in [-0.4, -0.2) is 68.6 Å². The van der Waals surface area contributed by atoms with Gasteiger partial charge in [0, 0.05) is 19.1 Å². The van der Waals surface area contributed by atoms with Crippen molar-refractivity contribution in [2.24, 2.45) is 11.8 Å². The first-order valence-corrected chi connectivity index (χ1v) is 14.3. The maximum atomic E-state index is 14.0. The van der Waals surface area contributed by atoms with Crippen LogP contribution in [0.1, 0.15) is 38.8 Å². The van der Waals surface area contributed by atoms with Crippen molar-refractivity contribution in [3.63, 3.8) is 0 Å². The topological polar surface area (TPSA) is 121 Å². The van der Waals surface area contributed by atoms with E-state index < -0.39 is 35.8 Å². The fraction of sp³-hybridized carbons (Fsp3) is 0.516. The van der Waals surface area contributed by atoms with E-state index in [-0.39, 0.29) is 43.4 Å². The molecule has 0 radical (unpaired) electrons. The van der Waals surface area contributed by atoms with Gasteiger partial charge in [0.25, 0.3) is 0 Å². The Morgan fingerprint density at radius 3 is 2.44 bits per heavy atom. The Morgan fingerprint density at radius 1 is 0.976 bits per heavy atom. The van der Waals surface area contributed by atoms with Gasteiger partial charge in [-0.2, -0.15) is 0 Å². The molecule has 5 N–H and O–H groups in total. The molecule has 5 atom stereocenters. The Hall–Kier alpha value is -3.50. The molecule has 9 nitrogen and oxygen atoms in total. The molecule has 0 saturated heterocycles. The maximum absolute atomic E-state index is 14.0. The molecule has 3 rings (SSSR count). The molecule has 0 unspecified atom stereocenters. The van der Waals surface area contributed by atoms with Gasteiger partial charge in [0.15, 0.2) is 0 Å². The molecule has 2 aromatic rings. The van der Waals surface area contributed by atoms with Gasteiger partial charge in [-0.15, -0.1) is 0 Å². The summed E-state index contributed by atoms with van der Waals surface area (Å²) in [5.74, 6) is -0.950. The highest BCUT2D eigenvalue weighted by atomic mass is 19.1. The third kappa shape index (κ3) is 9.82. The van der Waals surface area contributed by atoms with Crippen molar-refractivity contribution in [1.29, 1.82) is 0 Å². The Morgan fingerprint density at radius 2 is 1.73 bits per heavy atom. The average molecular weight is 570 g/mol. The summed E-state index contributed by atoms with van der Waals surface area (Å²) in [5.41, 5.74) is 1.65. The van der Waals surface area contributed by atoms with Crippen LogP contribution in [0.5, 0.6) is 5.75 Å². The number of rotatable bonds is 5. The minimum Gasteiger partial charge on any atom is -0.492 e. The van der Waals surface area contributed by atoms with E-state index in [0.717, 1.165) is 11.3 Å². The number of amides is 3. The van der Waals surface area contributed by atoms with Gasteiger partial charge in [0.1, 0.15) is 30.3 Å². The van der Waals surface area contributed by atoms with Crippen LogP contribution < -0.4 is 31.3 Å². The monoisotopic (exact) mass is 569 g/mol. The third-order valence-electron chi connectivity index (χ3n) is 7.07. The van der Waals surface area contributed by atoms with Crippen LogP contribution in [-0.2, 0) is 27.2 Å². The number of hydrogen-bond donors (Lipinski definition) is 5. The largest absolute Gasteiger partial charge is 0.492 e. The van der Waals surface area contributed by atoms with E-state index in [1.165, 1.54) is 12.1 Å². The zero-order chi connectivity index (χ0) is 29.9. The molecule has 0 spiro atoms. The van der Waals surface area contributed by atoms with Gasteiger partial charge in [-0.25, -0.2) is 4.39 Å². The Labute approximate surface area is 242 Å². The number of likely N-dealkylation sites (N-methyl/N-ethyl adjacent to an activating group) is 1. The molecule has 0 aromatic heterocycles. The average Bonchev–Trinajstić information content (AvgIpc) is 2.92. The summed E-state index contributed by atoms with van der Waals surface area (Å²) < 4.78 is 20.1. The van der Waals surface area contributed by atoms with Crippen molar-refractivity contribution >= 4 is 17.7 Å². The summed E-state index contributed by atoms with van der Waals surface area (Å²) in [6, 6.07) is 11.2. The highest BCUT2D eigenvalue weighted by Gasteiger charge is 2.31. The molecule has 3 amide bonds. The predicted octanol–water partition coefficient (Wildman–Crippen LogP) is 1.95. The summed E-state index contributed by atoms with van der Waals surface area (Å²) in [5, 5.41) is 14.9. The van der Waals surface area contributed by atoms with Crippen molar-refractivity contribution < 1.29 is 23.5 Å². The molecule has 2 aromatic carbocycles. The van der Waals surface area contributed by atoms with Gasteiger partial charge in [-0.1, -0.05) is 51.1 Å². The molecule has 224 valence electrons. The van der Waals surface area contributed by atoms with Crippen LogP contribution in [0, 0.1) is 17.7 Å².